The van der Waals surface area contributed by atoms with E-state index < -0.39 is 35.7 Å². The number of hydrogen-bond donors (Lipinski definition) is 1. The maximum Gasteiger partial charge on any atom is 0.285 e. The van der Waals surface area contributed by atoms with E-state index in [0.717, 1.165) is 16.8 Å². The van der Waals surface area contributed by atoms with Crippen LogP contribution in [0.25, 0.3) is 5.69 Å². The zero-order chi connectivity index (χ0) is 23.6. The van der Waals surface area contributed by atoms with Gasteiger partial charge in [-0.2, -0.15) is 18.6 Å². The average molecular weight is 444 g/mol. The van der Waals surface area contributed by atoms with Crippen LogP contribution in [0.5, 0.6) is 0 Å². The number of nitrogens with zero attached hydrogens (tertiary/aromatic N) is 3. The van der Waals surface area contributed by atoms with Crippen LogP contribution < -0.4 is 11.3 Å². The molecule has 0 aliphatic carbocycles. The van der Waals surface area contributed by atoms with Gasteiger partial charge in [-0.1, -0.05) is 37.3 Å². The number of hydrogen-bond acceptors (Lipinski definition) is 4. The molecule has 0 fully saturated rings. The lowest BCUT2D eigenvalue weighted by Crippen LogP contribution is -2.30. The van der Waals surface area contributed by atoms with E-state index in [4.69, 9.17) is 5.73 Å². The second-order valence-electron chi connectivity index (χ2n) is 7.80. The summed E-state index contributed by atoms with van der Waals surface area (Å²) in [5.41, 5.74) is 4.85. The topological polar surface area (TPSA) is 81.2 Å². The first-order valence-corrected chi connectivity index (χ1v) is 9.83. The zero-order valence-corrected chi connectivity index (χ0v) is 17.8. The normalized spacial score (nSPS) is 12.7. The molecule has 1 amide bonds. The highest BCUT2D eigenvalue weighted by Crippen LogP contribution is 2.32. The highest BCUT2D eigenvalue weighted by Gasteiger charge is 2.33. The van der Waals surface area contributed by atoms with Gasteiger partial charge in [0.05, 0.1) is 6.54 Å². The molecule has 3 rings (SSSR count). The summed E-state index contributed by atoms with van der Waals surface area (Å²) in [6.07, 6.45) is 0. The Bertz CT molecular complexity index is 1210. The monoisotopic (exact) mass is 444 g/mol. The number of primary amides is 1. The number of para-hydroxylation sites is 1. The van der Waals surface area contributed by atoms with Gasteiger partial charge in [0, 0.05) is 17.5 Å². The minimum atomic E-state index is -3.10. The minimum absolute atomic E-state index is 0.135. The standard InChI is InChI=1S/C23H23F3N4O2/c1-14(15-7-6-8-16(11-15)23(25,26)13-29(2)3)17-12-20(31)30(28-21(17)22(27)32)19-10-5-4-9-18(19)24/h4-12,14H,13H2,1-3H3,(H2,27,32). The summed E-state index contributed by atoms with van der Waals surface area (Å²) in [4.78, 5) is 26.2. The van der Waals surface area contributed by atoms with Crippen LogP contribution in [0, 0.1) is 5.82 Å². The van der Waals surface area contributed by atoms with E-state index in [0.29, 0.717) is 5.56 Å². The second-order valence-corrected chi connectivity index (χ2v) is 7.80. The Labute approximate surface area is 183 Å². The van der Waals surface area contributed by atoms with E-state index in [-0.39, 0.29) is 22.5 Å². The van der Waals surface area contributed by atoms with Crippen LogP contribution in [0.2, 0.25) is 0 Å². The highest BCUT2D eigenvalue weighted by molar-refractivity contribution is 5.92. The Morgan fingerprint density at radius 3 is 2.47 bits per heavy atom. The Morgan fingerprint density at radius 1 is 1.16 bits per heavy atom. The maximum absolute atomic E-state index is 14.6. The first-order valence-electron chi connectivity index (χ1n) is 9.83. The summed E-state index contributed by atoms with van der Waals surface area (Å²) in [6.45, 7) is 1.18. The largest absolute Gasteiger partial charge is 0.364 e. The van der Waals surface area contributed by atoms with Gasteiger partial charge >= 0.3 is 0 Å². The van der Waals surface area contributed by atoms with E-state index in [1.807, 2.05) is 0 Å². The molecule has 6 nitrogen and oxygen atoms in total. The zero-order valence-electron chi connectivity index (χ0n) is 17.8. The van der Waals surface area contributed by atoms with Crippen LogP contribution in [0.1, 0.15) is 40.0 Å². The molecular formula is C23H23F3N4O2. The molecule has 1 heterocycles. The maximum atomic E-state index is 14.6. The molecule has 9 heteroatoms. The van der Waals surface area contributed by atoms with Gasteiger partial charge in [-0.15, -0.1) is 0 Å². The van der Waals surface area contributed by atoms with Crippen molar-refractivity contribution in [3.63, 3.8) is 0 Å². The van der Waals surface area contributed by atoms with Crippen molar-refractivity contribution in [3.05, 3.63) is 93.2 Å². The Balaban J connectivity index is 2.09. The fraction of sp³-hybridized carbons (Fsp3) is 0.261. The molecule has 1 aromatic heterocycles. The van der Waals surface area contributed by atoms with E-state index >= 15 is 0 Å². The molecule has 1 unspecified atom stereocenters. The summed E-state index contributed by atoms with van der Waals surface area (Å²) in [5, 5.41) is 3.99. The number of likely N-dealkylation sites (N-methyl/N-ethyl adjacent to an activating group) is 1. The number of alkyl halides is 2. The summed E-state index contributed by atoms with van der Waals surface area (Å²) in [7, 11) is 3.10. The van der Waals surface area contributed by atoms with Crippen molar-refractivity contribution in [2.24, 2.45) is 5.73 Å². The number of carbonyl (C=O) groups is 1. The van der Waals surface area contributed by atoms with Gasteiger partial charge in [0.1, 0.15) is 11.5 Å². The summed E-state index contributed by atoms with van der Waals surface area (Å²) in [6, 6.07) is 12.4. The molecule has 0 saturated carbocycles. The number of benzene rings is 2. The fourth-order valence-electron chi connectivity index (χ4n) is 3.49. The van der Waals surface area contributed by atoms with Gasteiger partial charge in [-0.25, -0.2) is 4.39 Å². The van der Waals surface area contributed by atoms with Crippen molar-refractivity contribution in [2.45, 2.75) is 18.8 Å². The number of amides is 1. The third kappa shape index (κ3) is 4.72. The lowest BCUT2D eigenvalue weighted by molar-refractivity contribution is -0.0270. The summed E-state index contributed by atoms with van der Waals surface area (Å²) < 4.78 is 44.1. The van der Waals surface area contributed by atoms with Crippen LogP contribution in [-0.4, -0.2) is 41.2 Å². The number of carbonyl (C=O) groups excluding carboxylic acids is 1. The molecule has 2 N–H and O–H groups in total. The van der Waals surface area contributed by atoms with Crippen molar-refractivity contribution in [1.29, 1.82) is 0 Å². The third-order valence-corrected chi connectivity index (χ3v) is 5.07. The number of rotatable bonds is 7. The Hall–Kier alpha value is -3.46. The number of aromatic nitrogens is 2. The molecule has 0 saturated heterocycles. The van der Waals surface area contributed by atoms with Crippen molar-refractivity contribution < 1.29 is 18.0 Å². The molecule has 2 aromatic carbocycles. The van der Waals surface area contributed by atoms with E-state index in [2.05, 4.69) is 5.10 Å². The Kier molecular flexibility index (Phi) is 6.50. The molecule has 168 valence electrons. The first kappa shape index (κ1) is 23.2. The van der Waals surface area contributed by atoms with E-state index in [9.17, 15) is 22.8 Å². The summed E-state index contributed by atoms with van der Waals surface area (Å²) in [5.74, 6) is -5.37. The van der Waals surface area contributed by atoms with Crippen LogP contribution in [0.4, 0.5) is 13.2 Å². The van der Waals surface area contributed by atoms with Gasteiger partial charge in [-0.3, -0.25) is 9.59 Å². The molecule has 0 spiro atoms. The molecule has 3 aromatic rings. The molecule has 1 atom stereocenters. The number of halogens is 3. The molecule has 0 aliphatic rings. The lowest BCUT2D eigenvalue weighted by Gasteiger charge is -2.23. The number of nitrogens with two attached hydrogens (primary N) is 1. The van der Waals surface area contributed by atoms with Crippen LogP contribution in [0.15, 0.2) is 59.4 Å². The van der Waals surface area contributed by atoms with Gasteiger partial charge in [0.15, 0.2) is 5.69 Å². The van der Waals surface area contributed by atoms with Gasteiger partial charge in [-0.05, 0) is 43.4 Å². The molecule has 0 bridgehead atoms. The summed E-state index contributed by atoms with van der Waals surface area (Å²) >= 11 is 0. The first-order chi connectivity index (χ1) is 15.0. The molecular weight excluding hydrogens is 421 g/mol. The van der Waals surface area contributed by atoms with E-state index in [1.165, 1.54) is 41.3 Å². The van der Waals surface area contributed by atoms with Gasteiger partial charge < -0.3 is 10.6 Å². The molecule has 0 aliphatic heterocycles. The van der Waals surface area contributed by atoms with Crippen LogP contribution in [-0.2, 0) is 5.92 Å². The van der Waals surface area contributed by atoms with Gasteiger partial charge in [0.2, 0.25) is 0 Å². The van der Waals surface area contributed by atoms with Crippen molar-refractivity contribution >= 4 is 5.91 Å². The predicted octanol–water partition coefficient (Wildman–Crippen LogP) is 3.28. The Morgan fingerprint density at radius 2 is 1.84 bits per heavy atom. The van der Waals surface area contributed by atoms with Crippen LogP contribution in [0.3, 0.4) is 0 Å². The van der Waals surface area contributed by atoms with Crippen molar-refractivity contribution in [3.8, 4) is 5.69 Å². The van der Waals surface area contributed by atoms with Crippen molar-refractivity contribution in [2.75, 3.05) is 20.6 Å². The van der Waals surface area contributed by atoms with Gasteiger partial charge in [0.25, 0.3) is 17.4 Å². The average Bonchev–Trinajstić information content (AvgIpc) is 2.72. The molecule has 0 radical (unpaired) electrons. The predicted molar refractivity (Wildman–Crippen MR) is 115 cm³/mol. The quantitative estimate of drug-likeness (QED) is 0.607. The second kappa shape index (κ2) is 8.96. The minimum Gasteiger partial charge on any atom is -0.364 e. The molecule has 32 heavy (non-hydrogen) atoms. The van der Waals surface area contributed by atoms with E-state index in [1.54, 1.807) is 27.1 Å². The lowest BCUT2D eigenvalue weighted by atomic mass is 9.90. The highest BCUT2D eigenvalue weighted by atomic mass is 19.3. The van der Waals surface area contributed by atoms with Crippen molar-refractivity contribution in [1.82, 2.24) is 14.7 Å². The fourth-order valence-corrected chi connectivity index (χ4v) is 3.49. The smallest absolute Gasteiger partial charge is 0.285 e. The SMILES string of the molecule is CC(c1cccc(C(F)(F)CN(C)C)c1)c1cc(=O)n(-c2ccccc2F)nc1C(N)=O. The van der Waals surface area contributed by atoms with Crippen LogP contribution >= 0.6 is 0 Å². The third-order valence-electron chi connectivity index (χ3n) is 5.07.